The van der Waals surface area contributed by atoms with Gasteiger partial charge in [0.2, 0.25) is 10.0 Å². The fourth-order valence-electron chi connectivity index (χ4n) is 2.75. The molecule has 0 aromatic rings. The smallest absolute Gasteiger partial charge is 0.215 e. The van der Waals surface area contributed by atoms with Crippen molar-refractivity contribution in [2.75, 3.05) is 31.9 Å². The van der Waals surface area contributed by atoms with Gasteiger partial charge in [-0.2, -0.15) is 0 Å². The highest BCUT2D eigenvalue weighted by Crippen LogP contribution is 2.18. The maximum absolute atomic E-state index is 12.1. The molecule has 1 aliphatic carbocycles. The van der Waals surface area contributed by atoms with E-state index in [0.29, 0.717) is 19.0 Å². The van der Waals surface area contributed by atoms with Gasteiger partial charge in [0.15, 0.2) is 5.96 Å². The molecule has 1 fully saturated rings. The van der Waals surface area contributed by atoms with Crippen LogP contribution in [-0.2, 0) is 10.0 Å². The summed E-state index contributed by atoms with van der Waals surface area (Å²) in [5.74, 6) is 0.679. The quantitative estimate of drug-likeness (QED) is 0.439. The van der Waals surface area contributed by atoms with Gasteiger partial charge in [0.05, 0.1) is 18.4 Å². The monoisotopic (exact) mass is 348 g/mol. The van der Waals surface area contributed by atoms with Gasteiger partial charge in [0.25, 0.3) is 0 Å². The number of sulfonamides is 1. The van der Waals surface area contributed by atoms with Crippen molar-refractivity contribution >= 4 is 16.0 Å². The van der Waals surface area contributed by atoms with E-state index < -0.39 is 10.0 Å². The number of hydrogen-bond acceptors (Lipinski definition) is 4. The van der Waals surface area contributed by atoms with Gasteiger partial charge in [-0.15, -0.1) is 0 Å². The third-order valence-electron chi connectivity index (χ3n) is 4.10. The van der Waals surface area contributed by atoms with E-state index >= 15 is 0 Å². The number of aliphatic imine (C=N–C) groups is 1. The van der Waals surface area contributed by atoms with Gasteiger partial charge < -0.3 is 15.7 Å². The predicted octanol–water partition coefficient (Wildman–Crippen LogP) is 0.517. The number of rotatable bonds is 8. The number of nitrogens with zero attached hydrogens (tertiary/aromatic N) is 2. The second kappa shape index (κ2) is 10.1. The Labute approximate surface area is 140 Å². The Morgan fingerprint density at radius 3 is 2.30 bits per heavy atom. The second-order valence-electron chi connectivity index (χ2n) is 5.81. The summed E-state index contributed by atoms with van der Waals surface area (Å²) in [5, 5.41) is 16.0. The Kier molecular flexibility index (Phi) is 8.86. The summed E-state index contributed by atoms with van der Waals surface area (Å²) < 4.78 is 25.8. The van der Waals surface area contributed by atoms with Crippen LogP contribution in [-0.4, -0.2) is 67.9 Å². The molecule has 7 nitrogen and oxygen atoms in total. The van der Waals surface area contributed by atoms with Crippen molar-refractivity contribution < 1.29 is 13.5 Å². The SMILES string of the molecule is CCNC(=NCCS(=O)(=O)N(CC)CC)NC1CCC(O)CC1. The lowest BCUT2D eigenvalue weighted by Gasteiger charge is -2.27. The maximum Gasteiger partial charge on any atom is 0.215 e. The highest BCUT2D eigenvalue weighted by atomic mass is 32.2. The molecule has 3 N–H and O–H groups in total. The van der Waals surface area contributed by atoms with Crippen molar-refractivity contribution in [2.24, 2.45) is 4.99 Å². The zero-order valence-electron chi connectivity index (χ0n) is 14.6. The van der Waals surface area contributed by atoms with Crippen LogP contribution < -0.4 is 10.6 Å². The minimum Gasteiger partial charge on any atom is -0.393 e. The number of aliphatic hydroxyl groups excluding tert-OH is 1. The van der Waals surface area contributed by atoms with Gasteiger partial charge in [0.1, 0.15) is 0 Å². The molecule has 0 aromatic carbocycles. The second-order valence-corrected chi connectivity index (χ2v) is 7.90. The standard InChI is InChI=1S/C15H32N4O3S/c1-4-16-15(18-13-7-9-14(20)10-8-13)17-11-12-23(21,22)19(5-2)6-3/h13-14,20H,4-12H2,1-3H3,(H2,16,17,18). The average molecular weight is 349 g/mol. The molecule has 0 aliphatic heterocycles. The van der Waals surface area contributed by atoms with Gasteiger partial charge in [-0.3, -0.25) is 4.99 Å². The first kappa shape index (κ1) is 20.2. The Balaban J connectivity index is 2.54. The minimum atomic E-state index is -3.24. The van der Waals surface area contributed by atoms with Crippen LogP contribution >= 0.6 is 0 Å². The highest BCUT2D eigenvalue weighted by molar-refractivity contribution is 7.89. The molecule has 0 unspecified atom stereocenters. The Hall–Kier alpha value is -0.860. The normalized spacial score (nSPS) is 23.1. The van der Waals surface area contributed by atoms with Gasteiger partial charge in [-0.1, -0.05) is 13.8 Å². The summed E-state index contributed by atoms with van der Waals surface area (Å²) >= 11 is 0. The summed E-state index contributed by atoms with van der Waals surface area (Å²) in [5.41, 5.74) is 0. The van der Waals surface area contributed by atoms with Crippen LogP contribution in [0.2, 0.25) is 0 Å². The Morgan fingerprint density at radius 2 is 1.78 bits per heavy atom. The van der Waals surface area contributed by atoms with Crippen LogP contribution in [0.5, 0.6) is 0 Å². The number of guanidine groups is 1. The van der Waals surface area contributed by atoms with Crippen LogP contribution in [0.4, 0.5) is 0 Å². The molecule has 136 valence electrons. The molecule has 0 bridgehead atoms. The molecule has 0 amide bonds. The molecule has 0 spiro atoms. The number of hydrogen-bond donors (Lipinski definition) is 3. The molecule has 8 heteroatoms. The number of aliphatic hydroxyl groups is 1. The van der Waals surface area contributed by atoms with Gasteiger partial charge >= 0.3 is 0 Å². The molecule has 0 atom stereocenters. The minimum absolute atomic E-state index is 0.0225. The van der Waals surface area contributed by atoms with Crippen molar-refractivity contribution in [1.82, 2.24) is 14.9 Å². The summed E-state index contributed by atoms with van der Waals surface area (Å²) in [7, 11) is -3.24. The van der Waals surface area contributed by atoms with E-state index in [-0.39, 0.29) is 24.4 Å². The van der Waals surface area contributed by atoms with Crippen LogP contribution in [0.25, 0.3) is 0 Å². The lowest BCUT2D eigenvalue weighted by molar-refractivity contribution is 0.120. The zero-order chi connectivity index (χ0) is 17.3. The highest BCUT2D eigenvalue weighted by Gasteiger charge is 2.21. The fraction of sp³-hybridized carbons (Fsp3) is 0.933. The van der Waals surface area contributed by atoms with Crippen molar-refractivity contribution in [3.63, 3.8) is 0 Å². The third-order valence-corrected chi connectivity index (χ3v) is 6.10. The first-order valence-corrected chi connectivity index (χ1v) is 10.2. The molecule has 1 aliphatic rings. The summed E-state index contributed by atoms with van der Waals surface area (Å²) in [6.07, 6.45) is 3.22. The number of nitrogens with one attached hydrogen (secondary N) is 2. The molecule has 0 saturated heterocycles. The fourth-order valence-corrected chi connectivity index (χ4v) is 4.12. The van der Waals surface area contributed by atoms with E-state index in [1.54, 1.807) is 0 Å². The molecule has 0 aromatic heterocycles. The lowest BCUT2D eigenvalue weighted by atomic mass is 9.93. The van der Waals surface area contributed by atoms with Gasteiger partial charge in [0, 0.05) is 25.7 Å². The summed E-state index contributed by atoms with van der Waals surface area (Å²) in [6.45, 7) is 7.61. The summed E-state index contributed by atoms with van der Waals surface area (Å²) in [6, 6.07) is 0.288. The van der Waals surface area contributed by atoms with Crippen molar-refractivity contribution in [1.29, 1.82) is 0 Å². The molecule has 1 saturated carbocycles. The summed E-state index contributed by atoms with van der Waals surface area (Å²) in [4.78, 5) is 4.39. The van der Waals surface area contributed by atoms with E-state index in [9.17, 15) is 13.5 Å². The molecule has 1 rings (SSSR count). The molecular weight excluding hydrogens is 316 g/mol. The third kappa shape index (κ3) is 7.05. The van der Waals surface area contributed by atoms with E-state index in [1.165, 1.54) is 4.31 Å². The van der Waals surface area contributed by atoms with Gasteiger partial charge in [-0.25, -0.2) is 12.7 Å². The van der Waals surface area contributed by atoms with Gasteiger partial charge in [-0.05, 0) is 32.6 Å². The Morgan fingerprint density at radius 1 is 1.17 bits per heavy atom. The van der Waals surface area contributed by atoms with Crippen molar-refractivity contribution in [3.8, 4) is 0 Å². The zero-order valence-corrected chi connectivity index (χ0v) is 15.4. The van der Waals surface area contributed by atoms with E-state index in [2.05, 4.69) is 15.6 Å². The molecule has 0 radical (unpaired) electrons. The maximum atomic E-state index is 12.1. The van der Waals surface area contributed by atoms with Crippen LogP contribution in [0, 0.1) is 0 Å². The van der Waals surface area contributed by atoms with E-state index in [1.807, 2.05) is 20.8 Å². The Bertz CT molecular complexity index is 455. The van der Waals surface area contributed by atoms with Crippen LogP contribution in [0.1, 0.15) is 46.5 Å². The first-order chi connectivity index (χ1) is 10.9. The van der Waals surface area contributed by atoms with Crippen LogP contribution in [0.15, 0.2) is 4.99 Å². The molecule has 0 heterocycles. The lowest BCUT2D eigenvalue weighted by Crippen LogP contribution is -2.45. The first-order valence-electron chi connectivity index (χ1n) is 8.63. The van der Waals surface area contributed by atoms with E-state index in [0.717, 1.165) is 32.2 Å². The van der Waals surface area contributed by atoms with Crippen molar-refractivity contribution in [3.05, 3.63) is 0 Å². The molecule has 23 heavy (non-hydrogen) atoms. The topological polar surface area (TPSA) is 94.0 Å². The van der Waals surface area contributed by atoms with Crippen molar-refractivity contribution in [2.45, 2.75) is 58.6 Å². The largest absolute Gasteiger partial charge is 0.393 e. The predicted molar refractivity (Wildman–Crippen MR) is 94.1 cm³/mol. The van der Waals surface area contributed by atoms with Crippen LogP contribution in [0.3, 0.4) is 0 Å². The average Bonchev–Trinajstić information content (AvgIpc) is 2.50. The van der Waals surface area contributed by atoms with E-state index in [4.69, 9.17) is 0 Å². The molecular formula is C15H32N4O3S.